The lowest BCUT2D eigenvalue weighted by Gasteiger charge is -2.31. The third-order valence-corrected chi connectivity index (χ3v) is 4.77. The molecule has 0 N–H and O–H groups in total. The number of hydrogen-bond acceptors (Lipinski definition) is 6. The van der Waals surface area contributed by atoms with E-state index in [4.69, 9.17) is 14.2 Å². The normalized spacial score (nSPS) is 15.8. The summed E-state index contributed by atoms with van der Waals surface area (Å²) < 4.78 is 15.3. The molecule has 2 aromatic carbocycles. The van der Waals surface area contributed by atoms with Gasteiger partial charge < -0.3 is 14.2 Å². The van der Waals surface area contributed by atoms with Gasteiger partial charge in [0.2, 0.25) is 5.91 Å². The second-order valence-electron chi connectivity index (χ2n) is 6.28. The molecule has 0 radical (unpaired) electrons. The van der Waals surface area contributed by atoms with Crippen LogP contribution in [0.1, 0.15) is 27.4 Å². The van der Waals surface area contributed by atoms with E-state index in [-0.39, 0.29) is 6.54 Å². The summed E-state index contributed by atoms with van der Waals surface area (Å²) >= 11 is 0. The van der Waals surface area contributed by atoms with E-state index in [1.807, 2.05) is 6.07 Å². The predicted molar refractivity (Wildman–Crippen MR) is 100 cm³/mol. The van der Waals surface area contributed by atoms with Crippen molar-refractivity contribution in [2.24, 2.45) is 0 Å². The zero-order valence-corrected chi connectivity index (χ0v) is 15.9. The smallest absolute Gasteiger partial charge is 0.322 e. The first kappa shape index (κ1) is 19.4. The van der Waals surface area contributed by atoms with Crippen molar-refractivity contribution in [1.82, 2.24) is 4.90 Å². The first-order chi connectivity index (χ1) is 13.5. The van der Waals surface area contributed by atoms with Crippen molar-refractivity contribution in [2.75, 3.05) is 27.9 Å². The Hall–Kier alpha value is -3.35. The van der Waals surface area contributed by atoms with Crippen LogP contribution in [0.4, 0.5) is 0 Å². The Labute approximate surface area is 162 Å². The SMILES string of the molecule is COC(=O)C1C(=O)N(CCc2ccc(OC)c(OC)c2)C(=O)c2ccccc21. The van der Waals surface area contributed by atoms with E-state index in [1.165, 1.54) is 14.2 Å². The molecule has 1 unspecified atom stereocenters. The van der Waals surface area contributed by atoms with Crippen LogP contribution in [0.15, 0.2) is 42.5 Å². The third kappa shape index (κ3) is 3.43. The highest BCUT2D eigenvalue weighted by Crippen LogP contribution is 2.31. The van der Waals surface area contributed by atoms with E-state index in [0.29, 0.717) is 29.0 Å². The van der Waals surface area contributed by atoms with E-state index >= 15 is 0 Å². The molecule has 28 heavy (non-hydrogen) atoms. The lowest BCUT2D eigenvalue weighted by Crippen LogP contribution is -2.48. The summed E-state index contributed by atoms with van der Waals surface area (Å²) in [6.07, 6.45) is 0.411. The molecule has 7 nitrogen and oxygen atoms in total. The van der Waals surface area contributed by atoms with Crippen LogP contribution < -0.4 is 9.47 Å². The third-order valence-electron chi connectivity index (χ3n) is 4.77. The largest absolute Gasteiger partial charge is 0.493 e. The molecule has 2 aromatic rings. The van der Waals surface area contributed by atoms with Gasteiger partial charge in [-0.2, -0.15) is 0 Å². The maximum Gasteiger partial charge on any atom is 0.322 e. The summed E-state index contributed by atoms with van der Waals surface area (Å²) in [6, 6.07) is 12.0. The molecule has 1 atom stereocenters. The average Bonchev–Trinajstić information content (AvgIpc) is 2.73. The predicted octanol–water partition coefficient (Wildman–Crippen LogP) is 2.19. The summed E-state index contributed by atoms with van der Waals surface area (Å²) in [4.78, 5) is 39.1. The molecule has 1 aliphatic rings. The number of amides is 2. The molecule has 7 heteroatoms. The van der Waals surface area contributed by atoms with Gasteiger partial charge in [0, 0.05) is 12.1 Å². The van der Waals surface area contributed by atoms with Gasteiger partial charge in [-0.05, 0) is 35.7 Å². The Balaban J connectivity index is 1.87. The van der Waals surface area contributed by atoms with Crippen molar-refractivity contribution in [3.63, 3.8) is 0 Å². The molecule has 0 spiro atoms. The van der Waals surface area contributed by atoms with Gasteiger partial charge in [-0.3, -0.25) is 19.3 Å². The minimum absolute atomic E-state index is 0.134. The Morgan fingerprint density at radius 3 is 2.39 bits per heavy atom. The fraction of sp³-hybridized carbons (Fsp3) is 0.286. The van der Waals surface area contributed by atoms with Crippen molar-refractivity contribution in [3.8, 4) is 11.5 Å². The highest BCUT2D eigenvalue weighted by molar-refractivity contribution is 6.18. The van der Waals surface area contributed by atoms with Crippen molar-refractivity contribution in [3.05, 3.63) is 59.2 Å². The van der Waals surface area contributed by atoms with E-state index in [1.54, 1.807) is 43.5 Å². The minimum atomic E-state index is -1.13. The molecule has 3 rings (SSSR count). The number of carbonyl (C=O) groups excluding carboxylic acids is 3. The zero-order valence-electron chi connectivity index (χ0n) is 15.9. The number of imide groups is 1. The molecule has 0 bridgehead atoms. The first-order valence-corrected chi connectivity index (χ1v) is 8.75. The number of benzene rings is 2. The molecule has 0 saturated heterocycles. The van der Waals surface area contributed by atoms with E-state index < -0.39 is 23.7 Å². The van der Waals surface area contributed by atoms with Crippen molar-refractivity contribution in [1.29, 1.82) is 0 Å². The van der Waals surface area contributed by atoms with Gasteiger partial charge in [-0.1, -0.05) is 24.3 Å². The van der Waals surface area contributed by atoms with E-state index in [0.717, 1.165) is 10.5 Å². The van der Waals surface area contributed by atoms with Gasteiger partial charge in [0.05, 0.1) is 21.3 Å². The van der Waals surface area contributed by atoms with Crippen LogP contribution >= 0.6 is 0 Å². The van der Waals surface area contributed by atoms with Crippen molar-refractivity contribution < 1.29 is 28.6 Å². The minimum Gasteiger partial charge on any atom is -0.493 e. The molecule has 2 amide bonds. The summed E-state index contributed by atoms with van der Waals surface area (Å²) in [5.74, 6) is -1.65. The molecular weight excluding hydrogens is 362 g/mol. The Bertz CT molecular complexity index is 923. The molecular formula is C21H21NO6. The second kappa shape index (κ2) is 8.12. The number of fused-ring (bicyclic) bond motifs is 1. The van der Waals surface area contributed by atoms with Gasteiger partial charge in [0.25, 0.3) is 5.91 Å². The number of carbonyl (C=O) groups is 3. The van der Waals surface area contributed by atoms with Crippen LogP contribution in [0.3, 0.4) is 0 Å². The fourth-order valence-electron chi connectivity index (χ4n) is 3.31. The summed E-state index contributed by atoms with van der Waals surface area (Å²) in [5, 5.41) is 0. The summed E-state index contributed by atoms with van der Waals surface area (Å²) in [7, 11) is 4.31. The van der Waals surface area contributed by atoms with Crippen molar-refractivity contribution in [2.45, 2.75) is 12.3 Å². The van der Waals surface area contributed by atoms with Crippen LogP contribution in [0.2, 0.25) is 0 Å². The number of esters is 1. The fourth-order valence-corrected chi connectivity index (χ4v) is 3.31. The lowest BCUT2D eigenvalue weighted by molar-refractivity contribution is -0.148. The Kier molecular flexibility index (Phi) is 5.63. The maximum atomic E-state index is 12.9. The molecule has 146 valence electrons. The highest BCUT2D eigenvalue weighted by Gasteiger charge is 2.42. The van der Waals surface area contributed by atoms with Crippen LogP contribution in [0.5, 0.6) is 11.5 Å². The topological polar surface area (TPSA) is 82.1 Å². The molecule has 0 aliphatic carbocycles. The average molecular weight is 383 g/mol. The summed E-state index contributed by atoms with van der Waals surface area (Å²) in [5.41, 5.74) is 1.59. The van der Waals surface area contributed by atoms with Gasteiger partial charge in [-0.15, -0.1) is 0 Å². The first-order valence-electron chi connectivity index (χ1n) is 8.75. The van der Waals surface area contributed by atoms with Crippen LogP contribution in [-0.4, -0.2) is 50.6 Å². The monoisotopic (exact) mass is 383 g/mol. The number of nitrogens with zero attached hydrogens (tertiary/aromatic N) is 1. The molecule has 0 fully saturated rings. The molecule has 1 heterocycles. The maximum absolute atomic E-state index is 12.9. The van der Waals surface area contributed by atoms with Crippen molar-refractivity contribution >= 4 is 17.8 Å². The van der Waals surface area contributed by atoms with Gasteiger partial charge in [0.1, 0.15) is 0 Å². The number of ether oxygens (including phenoxy) is 3. The Morgan fingerprint density at radius 1 is 1.00 bits per heavy atom. The number of methoxy groups -OCH3 is 3. The van der Waals surface area contributed by atoms with Crippen LogP contribution in [0, 0.1) is 0 Å². The van der Waals surface area contributed by atoms with Gasteiger partial charge in [-0.25, -0.2) is 0 Å². The second-order valence-corrected chi connectivity index (χ2v) is 6.28. The van der Waals surface area contributed by atoms with Crippen LogP contribution in [-0.2, 0) is 20.7 Å². The Morgan fingerprint density at radius 2 is 1.71 bits per heavy atom. The van der Waals surface area contributed by atoms with E-state index in [9.17, 15) is 14.4 Å². The van der Waals surface area contributed by atoms with Crippen LogP contribution in [0.25, 0.3) is 0 Å². The lowest BCUT2D eigenvalue weighted by atomic mass is 9.88. The highest BCUT2D eigenvalue weighted by atomic mass is 16.5. The standard InChI is InChI=1S/C21H21NO6/c1-26-16-9-8-13(12-17(16)27-2)10-11-22-19(23)15-7-5-4-6-14(15)18(20(22)24)21(25)28-3/h4-9,12,18H,10-11H2,1-3H3. The van der Waals surface area contributed by atoms with Gasteiger partial charge >= 0.3 is 5.97 Å². The van der Waals surface area contributed by atoms with Gasteiger partial charge in [0.15, 0.2) is 17.4 Å². The summed E-state index contributed by atoms with van der Waals surface area (Å²) in [6.45, 7) is 0.134. The number of hydrogen-bond donors (Lipinski definition) is 0. The van der Waals surface area contributed by atoms with E-state index in [2.05, 4.69) is 0 Å². The quantitative estimate of drug-likeness (QED) is 0.432. The molecule has 1 aliphatic heterocycles. The molecule has 0 aromatic heterocycles. The number of rotatable bonds is 6. The molecule has 0 saturated carbocycles. The zero-order chi connectivity index (χ0) is 20.3.